The van der Waals surface area contributed by atoms with E-state index < -0.39 is 0 Å². The van der Waals surface area contributed by atoms with Crippen molar-refractivity contribution in [3.05, 3.63) is 60.4 Å². The maximum atomic E-state index is 6.04. The molecule has 0 bridgehead atoms. The van der Waals surface area contributed by atoms with Gasteiger partial charge in [0.25, 0.3) is 0 Å². The molecule has 2 heterocycles. The normalized spacial score (nSPS) is 18.5. The van der Waals surface area contributed by atoms with Crippen molar-refractivity contribution < 1.29 is 9.47 Å². The second-order valence-electron chi connectivity index (χ2n) is 6.40. The van der Waals surface area contributed by atoms with Crippen molar-refractivity contribution in [2.75, 3.05) is 33.4 Å². The van der Waals surface area contributed by atoms with Crippen molar-refractivity contribution >= 4 is 10.8 Å². The van der Waals surface area contributed by atoms with Crippen LogP contribution in [-0.4, -0.2) is 48.0 Å². The molecule has 1 aliphatic rings. The van der Waals surface area contributed by atoms with Gasteiger partial charge in [0.2, 0.25) is 0 Å². The average Bonchev–Trinajstić information content (AvgIpc) is 3.19. The minimum atomic E-state index is 0.123. The molecule has 5 nitrogen and oxygen atoms in total. The van der Waals surface area contributed by atoms with Crippen LogP contribution in [0.15, 0.2) is 54.9 Å². The van der Waals surface area contributed by atoms with Crippen LogP contribution in [0.4, 0.5) is 0 Å². The summed E-state index contributed by atoms with van der Waals surface area (Å²) >= 11 is 0. The average molecular weight is 337 g/mol. The molecule has 0 amide bonds. The lowest BCUT2D eigenvalue weighted by atomic mass is 10.0. The molecule has 130 valence electrons. The van der Waals surface area contributed by atoms with E-state index in [1.807, 2.05) is 29.2 Å². The van der Waals surface area contributed by atoms with Crippen LogP contribution in [0, 0.1) is 0 Å². The van der Waals surface area contributed by atoms with Crippen molar-refractivity contribution in [1.82, 2.24) is 14.7 Å². The summed E-state index contributed by atoms with van der Waals surface area (Å²) in [5.74, 6) is 0.888. The highest BCUT2D eigenvalue weighted by Gasteiger charge is 2.22. The van der Waals surface area contributed by atoms with E-state index in [1.165, 1.54) is 16.3 Å². The van der Waals surface area contributed by atoms with Gasteiger partial charge in [0.05, 0.1) is 26.4 Å². The molecule has 1 aromatic heterocycles. The number of nitrogens with zero attached hydrogens (tertiary/aromatic N) is 3. The SMILES string of the molecule is COc1ccc2cc(C3CN(CCn4cccn4)CCO3)ccc2c1. The second kappa shape index (κ2) is 7.25. The summed E-state index contributed by atoms with van der Waals surface area (Å²) in [6.07, 6.45) is 3.96. The number of benzene rings is 2. The van der Waals surface area contributed by atoms with Gasteiger partial charge in [-0.25, -0.2) is 0 Å². The van der Waals surface area contributed by atoms with Crippen LogP contribution in [-0.2, 0) is 11.3 Å². The van der Waals surface area contributed by atoms with Crippen LogP contribution < -0.4 is 4.74 Å². The predicted molar refractivity (Wildman–Crippen MR) is 97.9 cm³/mol. The van der Waals surface area contributed by atoms with Gasteiger partial charge in [0, 0.05) is 32.0 Å². The molecule has 1 saturated heterocycles. The first-order valence-electron chi connectivity index (χ1n) is 8.71. The third kappa shape index (κ3) is 3.67. The molecule has 1 fully saturated rings. The third-order valence-electron chi connectivity index (χ3n) is 4.80. The first kappa shape index (κ1) is 16.1. The van der Waals surface area contributed by atoms with E-state index in [4.69, 9.17) is 9.47 Å². The lowest BCUT2D eigenvalue weighted by molar-refractivity contribution is -0.0310. The van der Waals surface area contributed by atoms with Gasteiger partial charge in [-0.3, -0.25) is 9.58 Å². The van der Waals surface area contributed by atoms with Crippen molar-refractivity contribution in [2.24, 2.45) is 0 Å². The van der Waals surface area contributed by atoms with Gasteiger partial charge in [-0.15, -0.1) is 0 Å². The molecule has 1 aliphatic heterocycles. The molecule has 0 saturated carbocycles. The molecular weight excluding hydrogens is 314 g/mol. The number of rotatable bonds is 5. The van der Waals surface area contributed by atoms with Crippen LogP contribution in [0.3, 0.4) is 0 Å². The summed E-state index contributed by atoms with van der Waals surface area (Å²) in [4.78, 5) is 2.45. The van der Waals surface area contributed by atoms with Crippen LogP contribution >= 0.6 is 0 Å². The minimum Gasteiger partial charge on any atom is -0.497 e. The van der Waals surface area contributed by atoms with Crippen molar-refractivity contribution in [3.63, 3.8) is 0 Å². The van der Waals surface area contributed by atoms with Crippen molar-refractivity contribution in [3.8, 4) is 5.75 Å². The van der Waals surface area contributed by atoms with Crippen molar-refractivity contribution in [2.45, 2.75) is 12.6 Å². The molecule has 1 unspecified atom stereocenters. The maximum Gasteiger partial charge on any atom is 0.119 e. The number of hydrogen-bond donors (Lipinski definition) is 0. The van der Waals surface area contributed by atoms with Crippen LogP contribution in [0.1, 0.15) is 11.7 Å². The fourth-order valence-electron chi connectivity index (χ4n) is 3.35. The highest BCUT2D eigenvalue weighted by atomic mass is 16.5. The Bertz CT molecular complexity index is 832. The minimum absolute atomic E-state index is 0.123. The summed E-state index contributed by atoms with van der Waals surface area (Å²) in [5.41, 5.74) is 1.24. The zero-order valence-electron chi connectivity index (χ0n) is 14.5. The summed E-state index contributed by atoms with van der Waals surface area (Å²) in [5, 5.41) is 6.68. The maximum absolute atomic E-state index is 6.04. The molecule has 0 aliphatic carbocycles. The number of methoxy groups -OCH3 is 1. The van der Waals surface area contributed by atoms with E-state index in [2.05, 4.69) is 40.3 Å². The molecule has 0 N–H and O–H groups in total. The summed E-state index contributed by atoms with van der Waals surface area (Å²) < 4.78 is 13.3. The monoisotopic (exact) mass is 337 g/mol. The Morgan fingerprint density at radius 2 is 2.04 bits per heavy atom. The number of morpholine rings is 1. The van der Waals surface area contributed by atoms with Crippen LogP contribution in [0.25, 0.3) is 10.8 Å². The topological polar surface area (TPSA) is 39.5 Å². The molecule has 2 aromatic carbocycles. The Kier molecular flexibility index (Phi) is 4.68. The first-order chi connectivity index (χ1) is 12.3. The van der Waals surface area contributed by atoms with Gasteiger partial charge >= 0.3 is 0 Å². The van der Waals surface area contributed by atoms with Gasteiger partial charge in [0.1, 0.15) is 5.75 Å². The van der Waals surface area contributed by atoms with Crippen LogP contribution in [0.2, 0.25) is 0 Å². The quantitative estimate of drug-likeness (QED) is 0.717. The zero-order chi connectivity index (χ0) is 17.1. The third-order valence-corrected chi connectivity index (χ3v) is 4.80. The fraction of sp³-hybridized carbons (Fsp3) is 0.350. The summed E-state index contributed by atoms with van der Waals surface area (Å²) in [6, 6.07) is 14.7. The summed E-state index contributed by atoms with van der Waals surface area (Å²) in [7, 11) is 1.70. The van der Waals surface area contributed by atoms with E-state index >= 15 is 0 Å². The lowest BCUT2D eigenvalue weighted by Gasteiger charge is -2.33. The molecule has 5 heteroatoms. The summed E-state index contributed by atoms with van der Waals surface area (Å²) in [6.45, 7) is 4.57. The number of hydrogen-bond acceptors (Lipinski definition) is 4. The Labute approximate surface area is 147 Å². The van der Waals surface area contributed by atoms with E-state index in [0.29, 0.717) is 0 Å². The van der Waals surface area contributed by atoms with Gasteiger partial charge in [0.15, 0.2) is 0 Å². The molecular formula is C20H23N3O2. The number of fused-ring (bicyclic) bond motifs is 1. The van der Waals surface area contributed by atoms with Crippen LogP contribution in [0.5, 0.6) is 5.75 Å². The molecule has 0 spiro atoms. The lowest BCUT2D eigenvalue weighted by Crippen LogP contribution is -2.40. The zero-order valence-corrected chi connectivity index (χ0v) is 14.5. The Morgan fingerprint density at radius 3 is 2.88 bits per heavy atom. The van der Waals surface area contributed by atoms with E-state index in [-0.39, 0.29) is 6.10 Å². The standard InChI is InChI=1S/C20H23N3O2/c1-24-19-6-5-16-13-18(4-3-17(16)14-19)20-15-22(11-12-25-20)9-10-23-8-2-7-21-23/h2-8,13-14,20H,9-12,15H2,1H3. The predicted octanol–water partition coefficient (Wildman–Crippen LogP) is 3.12. The van der Waals surface area contributed by atoms with E-state index in [1.54, 1.807) is 7.11 Å². The number of aromatic nitrogens is 2. The second-order valence-corrected chi connectivity index (χ2v) is 6.40. The first-order valence-corrected chi connectivity index (χ1v) is 8.71. The Morgan fingerprint density at radius 1 is 1.16 bits per heavy atom. The Balaban J connectivity index is 1.46. The van der Waals surface area contributed by atoms with Gasteiger partial charge < -0.3 is 9.47 Å². The fourth-order valence-corrected chi connectivity index (χ4v) is 3.35. The molecule has 3 aromatic rings. The van der Waals surface area contributed by atoms with E-state index in [9.17, 15) is 0 Å². The van der Waals surface area contributed by atoms with Crippen molar-refractivity contribution in [1.29, 1.82) is 0 Å². The number of ether oxygens (including phenoxy) is 2. The molecule has 25 heavy (non-hydrogen) atoms. The molecule has 4 rings (SSSR count). The molecule has 1 atom stereocenters. The Hall–Kier alpha value is -2.37. The largest absolute Gasteiger partial charge is 0.497 e. The molecule has 0 radical (unpaired) electrons. The van der Waals surface area contributed by atoms with Gasteiger partial charge in [-0.05, 0) is 40.6 Å². The highest BCUT2D eigenvalue weighted by Crippen LogP contribution is 2.27. The van der Waals surface area contributed by atoms with E-state index in [0.717, 1.165) is 38.5 Å². The smallest absolute Gasteiger partial charge is 0.119 e. The van der Waals surface area contributed by atoms with Gasteiger partial charge in [-0.2, -0.15) is 5.10 Å². The highest BCUT2D eigenvalue weighted by molar-refractivity contribution is 5.84. The van der Waals surface area contributed by atoms with Gasteiger partial charge in [-0.1, -0.05) is 18.2 Å².